The maximum Gasteiger partial charge on any atom is 0.240 e. The van der Waals surface area contributed by atoms with E-state index in [0.29, 0.717) is 18.7 Å². The minimum Gasteiger partial charge on any atom is -0.384 e. The Morgan fingerprint density at radius 2 is 2.06 bits per heavy atom. The van der Waals surface area contributed by atoms with Crippen molar-refractivity contribution in [3.8, 4) is 12.3 Å². The van der Waals surface area contributed by atoms with Crippen LogP contribution in [0.1, 0.15) is 12.8 Å². The molecular weight excluding hydrogens is 224 g/mol. The molecule has 1 rings (SSSR count). The van der Waals surface area contributed by atoms with E-state index in [-0.39, 0.29) is 4.90 Å². The highest BCUT2D eigenvalue weighted by Crippen LogP contribution is 2.18. The normalized spacial score (nSPS) is 10.8. The summed E-state index contributed by atoms with van der Waals surface area (Å²) in [6.45, 7) is 0.622. The number of unbranched alkanes of at least 4 members (excludes halogenated alkanes) is 1. The van der Waals surface area contributed by atoms with Crippen molar-refractivity contribution < 1.29 is 8.42 Å². The van der Waals surface area contributed by atoms with Crippen molar-refractivity contribution in [3.05, 3.63) is 24.3 Å². The average Bonchev–Trinajstić information content (AvgIpc) is 2.24. The predicted octanol–water partition coefficient (Wildman–Crippen LogP) is 1.16. The molecular formula is C11H14N2O2S. The summed E-state index contributed by atoms with van der Waals surface area (Å²) in [6.07, 6.45) is 6.56. The number of rotatable bonds is 5. The van der Waals surface area contributed by atoms with Crippen LogP contribution in [-0.2, 0) is 10.0 Å². The largest absolute Gasteiger partial charge is 0.384 e. The van der Waals surface area contributed by atoms with E-state index in [9.17, 15) is 8.42 Å². The number of benzene rings is 1. The molecule has 0 heterocycles. The molecule has 0 aliphatic carbocycles. The van der Waals surface area contributed by atoms with E-state index < -0.39 is 10.0 Å². The molecule has 16 heavy (non-hydrogen) atoms. The lowest BCUT2D eigenvalue weighted by atomic mass is 10.3. The molecule has 0 amide bonds. The first-order valence-corrected chi connectivity index (χ1v) is 6.39. The molecule has 1 aromatic carbocycles. The number of primary sulfonamides is 1. The van der Waals surface area contributed by atoms with Gasteiger partial charge in [-0.05, 0) is 18.6 Å². The van der Waals surface area contributed by atoms with E-state index in [2.05, 4.69) is 11.2 Å². The van der Waals surface area contributed by atoms with E-state index in [4.69, 9.17) is 11.6 Å². The van der Waals surface area contributed by atoms with Crippen LogP contribution in [0.4, 0.5) is 5.69 Å². The van der Waals surface area contributed by atoms with Crippen LogP contribution in [-0.4, -0.2) is 15.0 Å². The molecule has 0 atom stereocenters. The summed E-state index contributed by atoms with van der Waals surface area (Å²) in [5, 5.41) is 8.09. The Hall–Kier alpha value is -1.51. The molecule has 1 aromatic rings. The van der Waals surface area contributed by atoms with E-state index in [1.807, 2.05) is 0 Å². The molecule has 3 N–H and O–H groups in total. The van der Waals surface area contributed by atoms with Gasteiger partial charge in [-0.2, -0.15) is 0 Å². The van der Waals surface area contributed by atoms with Crippen LogP contribution < -0.4 is 10.5 Å². The molecule has 4 nitrogen and oxygen atoms in total. The van der Waals surface area contributed by atoms with Crippen LogP contribution in [0, 0.1) is 12.3 Å². The molecule has 0 bridgehead atoms. The zero-order valence-electron chi connectivity index (χ0n) is 8.81. The highest BCUT2D eigenvalue weighted by molar-refractivity contribution is 7.89. The third kappa shape index (κ3) is 3.57. The Balaban J connectivity index is 2.77. The van der Waals surface area contributed by atoms with Gasteiger partial charge in [0.05, 0.1) is 5.69 Å². The minimum atomic E-state index is -3.68. The van der Waals surface area contributed by atoms with E-state index in [0.717, 1.165) is 6.42 Å². The van der Waals surface area contributed by atoms with Gasteiger partial charge in [0, 0.05) is 13.0 Å². The van der Waals surface area contributed by atoms with Crippen molar-refractivity contribution in [3.63, 3.8) is 0 Å². The van der Waals surface area contributed by atoms with Crippen LogP contribution in [0.5, 0.6) is 0 Å². The van der Waals surface area contributed by atoms with Crippen molar-refractivity contribution in [1.82, 2.24) is 0 Å². The average molecular weight is 238 g/mol. The fourth-order valence-corrected chi connectivity index (χ4v) is 1.99. The van der Waals surface area contributed by atoms with Crippen LogP contribution in [0.3, 0.4) is 0 Å². The molecule has 0 aliphatic heterocycles. The van der Waals surface area contributed by atoms with Crippen molar-refractivity contribution in [1.29, 1.82) is 0 Å². The molecule has 86 valence electrons. The third-order valence-corrected chi connectivity index (χ3v) is 2.98. The first-order valence-electron chi connectivity index (χ1n) is 4.85. The lowest BCUT2D eigenvalue weighted by molar-refractivity contribution is 0.598. The van der Waals surface area contributed by atoms with Crippen LogP contribution >= 0.6 is 0 Å². The second-order valence-electron chi connectivity index (χ2n) is 3.28. The molecule has 0 radical (unpaired) electrons. The SMILES string of the molecule is C#CCCCNc1ccccc1S(N)(=O)=O. The van der Waals surface area contributed by atoms with Gasteiger partial charge in [0.25, 0.3) is 0 Å². The summed E-state index contributed by atoms with van der Waals surface area (Å²) in [5.74, 6) is 2.52. The van der Waals surface area contributed by atoms with Gasteiger partial charge >= 0.3 is 0 Å². The Morgan fingerprint density at radius 3 is 2.69 bits per heavy atom. The molecule has 0 fully saturated rings. The predicted molar refractivity (Wildman–Crippen MR) is 64.4 cm³/mol. The third-order valence-electron chi connectivity index (χ3n) is 2.01. The first kappa shape index (κ1) is 12.6. The Bertz CT molecular complexity index is 489. The lowest BCUT2D eigenvalue weighted by Crippen LogP contribution is -2.15. The van der Waals surface area contributed by atoms with Crippen LogP contribution in [0.15, 0.2) is 29.2 Å². The number of nitrogens with two attached hydrogens (primary N) is 1. The molecule has 0 spiro atoms. The fraction of sp³-hybridized carbons (Fsp3) is 0.273. The Morgan fingerprint density at radius 1 is 1.38 bits per heavy atom. The summed E-state index contributed by atoms with van der Waals surface area (Å²) < 4.78 is 22.5. The molecule has 5 heteroatoms. The summed E-state index contributed by atoms with van der Waals surface area (Å²) in [5.41, 5.74) is 0.516. The lowest BCUT2D eigenvalue weighted by Gasteiger charge is -2.09. The van der Waals surface area contributed by atoms with Gasteiger partial charge in [-0.15, -0.1) is 12.3 Å². The van der Waals surface area contributed by atoms with Crippen LogP contribution in [0.2, 0.25) is 0 Å². The molecule has 0 saturated heterocycles. The standard InChI is InChI=1S/C11H14N2O2S/c1-2-3-6-9-13-10-7-4-5-8-11(10)16(12,14)15/h1,4-5,7-8,13H,3,6,9H2,(H2,12,14,15). The summed E-state index contributed by atoms with van der Waals surface area (Å²) in [6, 6.07) is 6.53. The monoisotopic (exact) mass is 238 g/mol. The van der Waals surface area contributed by atoms with Gasteiger partial charge in [0.2, 0.25) is 10.0 Å². The van der Waals surface area contributed by atoms with Crippen molar-refractivity contribution >= 4 is 15.7 Å². The minimum absolute atomic E-state index is 0.107. The molecule has 0 unspecified atom stereocenters. The van der Waals surface area contributed by atoms with Gasteiger partial charge in [-0.1, -0.05) is 12.1 Å². The highest BCUT2D eigenvalue weighted by atomic mass is 32.2. The van der Waals surface area contributed by atoms with Gasteiger partial charge in [-0.25, -0.2) is 13.6 Å². The smallest absolute Gasteiger partial charge is 0.240 e. The number of anilines is 1. The number of sulfonamides is 1. The Labute approximate surface area is 95.9 Å². The fourth-order valence-electron chi connectivity index (χ4n) is 1.27. The van der Waals surface area contributed by atoms with Crippen LogP contribution in [0.25, 0.3) is 0 Å². The quantitative estimate of drug-likeness (QED) is 0.597. The number of nitrogens with one attached hydrogen (secondary N) is 1. The second kappa shape index (κ2) is 5.54. The highest BCUT2D eigenvalue weighted by Gasteiger charge is 2.12. The second-order valence-corrected chi connectivity index (χ2v) is 4.81. The zero-order chi connectivity index (χ0) is 12.0. The van der Waals surface area contributed by atoms with Gasteiger partial charge in [0.1, 0.15) is 4.90 Å². The number of terminal acetylenes is 1. The molecule has 0 aromatic heterocycles. The van der Waals surface area contributed by atoms with E-state index in [1.165, 1.54) is 6.07 Å². The Kier molecular flexibility index (Phi) is 4.35. The van der Waals surface area contributed by atoms with Crippen molar-refractivity contribution in [2.45, 2.75) is 17.7 Å². The topological polar surface area (TPSA) is 72.2 Å². The van der Waals surface area contributed by atoms with Crippen molar-refractivity contribution in [2.75, 3.05) is 11.9 Å². The maximum atomic E-state index is 11.2. The van der Waals surface area contributed by atoms with E-state index >= 15 is 0 Å². The van der Waals surface area contributed by atoms with Gasteiger partial charge < -0.3 is 5.32 Å². The summed E-state index contributed by atoms with van der Waals surface area (Å²) >= 11 is 0. The zero-order valence-corrected chi connectivity index (χ0v) is 9.63. The summed E-state index contributed by atoms with van der Waals surface area (Å²) in [7, 11) is -3.68. The molecule has 0 aliphatic rings. The number of hydrogen-bond donors (Lipinski definition) is 2. The maximum absolute atomic E-state index is 11.2. The van der Waals surface area contributed by atoms with E-state index in [1.54, 1.807) is 18.2 Å². The number of para-hydroxylation sites is 1. The van der Waals surface area contributed by atoms with Gasteiger partial charge in [0.15, 0.2) is 0 Å². The number of hydrogen-bond acceptors (Lipinski definition) is 3. The van der Waals surface area contributed by atoms with Gasteiger partial charge in [-0.3, -0.25) is 0 Å². The van der Waals surface area contributed by atoms with Crippen molar-refractivity contribution in [2.24, 2.45) is 5.14 Å². The first-order chi connectivity index (χ1) is 7.55. The summed E-state index contributed by atoms with van der Waals surface area (Å²) in [4.78, 5) is 0.107. The molecule has 0 saturated carbocycles.